The lowest BCUT2D eigenvalue weighted by molar-refractivity contribution is -0.151. The van der Waals surface area contributed by atoms with Crippen molar-refractivity contribution < 1.29 is 22.7 Å². The molecule has 1 aliphatic rings. The standard InChI is InChI=1S/C17H23ClN2O5S/c1-3-25-17(22)13-5-4-10-20(11-13)16(21)12(2)19-26(23,24)15-8-6-14(18)7-9-15/h6-9,12-13,19H,3-5,10-11H2,1-2H3. The Hall–Kier alpha value is -1.64. The maximum absolute atomic E-state index is 12.6. The van der Waals surface area contributed by atoms with Crippen LogP contribution in [0.25, 0.3) is 0 Å². The molecule has 1 heterocycles. The highest BCUT2D eigenvalue weighted by atomic mass is 35.5. The first-order chi connectivity index (χ1) is 12.2. The van der Waals surface area contributed by atoms with Crippen LogP contribution >= 0.6 is 11.6 Å². The lowest BCUT2D eigenvalue weighted by atomic mass is 9.98. The number of ether oxygens (including phenoxy) is 1. The molecule has 2 unspecified atom stereocenters. The number of nitrogens with zero attached hydrogens (tertiary/aromatic N) is 1. The Balaban J connectivity index is 2.02. The van der Waals surface area contributed by atoms with E-state index in [1.165, 1.54) is 36.1 Å². The minimum Gasteiger partial charge on any atom is -0.466 e. The van der Waals surface area contributed by atoms with Crippen LogP contribution in [0.5, 0.6) is 0 Å². The Labute approximate surface area is 158 Å². The van der Waals surface area contributed by atoms with Crippen molar-refractivity contribution in [2.75, 3.05) is 19.7 Å². The van der Waals surface area contributed by atoms with Gasteiger partial charge in [-0.15, -0.1) is 0 Å². The predicted octanol–water partition coefficient (Wildman–Crippen LogP) is 1.81. The SMILES string of the molecule is CCOC(=O)C1CCCN(C(=O)C(C)NS(=O)(=O)c2ccc(Cl)cc2)C1. The average molecular weight is 403 g/mol. The Morgan fingerprint density at radius 3 is 2.62 bits per heavy atom. The topological polar surface area (TPSA) is 92.8 Å². The number of amides is 1. The third kappa shape index (κ3) is 5.18. The van der Waals surface area contributed by atoms with E-state index in [0.29, 0.717) is 31.0 Å². The Kier molecular flexibility index (Phi) is 7.02. The number of carbonyl (C=O) groups excluding carboxylic acids is 2. The Morgan fingerprint density at radius 2 is 2.00 bits per heavy atom. The smallest absolute Gasteiger partial charge is 0.310 e. The van der Waals surface area contributed by atoms with E-state index in [4.69, 9.17) is 16.3 Å². The minimum absolute atomic E-state index is 0.0320. The van der Waals surface area contributed by atoms with Crippen molar-refractivity contribution in [1.82, 2.24) is 9.62 Å². The maximum atomic E-state index is 12.6. The molecular weight excluding hydrogens is 380 g/mol. The van der Waals surface area contributed by atoms with Gasteiger partial charge >= 0.3 is 5.97 Å². The highest BCUT2D eigenvalue weighted by molar-refractivity contribution is 7.89. The zero-order valence-electron chi connectivity index (χ0n) is 14.8. The first-order valence-electron chi connectivity index (χ1n) is 8.48. The molecule has 2 rings (SSSR count). The van der Waals surface area contributed by atoms with Crippen LogP contribution in [0.4, 0.5) is 0 Å². The molecule has 1 N–H and O–H groups in total. The van der Waals surface area contributed by atoms with Gasteiger partial charge in [-0.1, -0.05) is 11.6 Å². The van der Waals surface area contributed by atoms with E-state index in [2.05, 4.69) is 4.72 Å². The van der Waals surface area contributed by atoms with E-state index in [9.17, 15) is 18.0 Å². The highest BCUT2D eigenvalue weighted by Gasteiger charge is 2.32. The number of hydrogen-bond donors (Lipinski definition) is 1. The molecule has 0 spiro atoms. The van der Waals surface area contributed by atoms with Gasteiger partial charge in [0, 0.05) is 18.1 Å². The number of halogens is 1. The number of nitrogens with one attached hydrogen (secondary N) is 1. The summed E-state index contributed by atoms with van der Waals surface area (Å²) in [6, 6.07) is 4.74. The molecule has 0 bridgehead atoms. The molecule has 1 aromatic carbocycles. The summed E-state index contributed by atoms with van der Waals surface area (Å²) < 4.78 is 32.2. The fourth-order valence-corrected chi connectivity index (χ4v) is 4.19. The molecule has 1 fully saturated rings. The monoisotopic (exact) mass is 402 g/mol. The molecule has 1 amide bonds. The second-order valence-corrected chi connectivity index (χ2v) is 8.32. The molecule has 0 aromatic heterocycles. The van der Waals surface area contributed by atoms with Crippen LogP contribution in [0.15, 0.2) is 29.2 Å². The van der Waals surface area contributed by atoms with E-state index >= 15 is 0 Å². The molecule has 2 atom stereocenters. The summed E-state index contributed by atoms with van der Waals surface area (Å²) in [6.07, 6.45) is 1.33. The molecule has 0 radical (unpaired) electrons. The van der Waals surface area contributed by atoms with Gasteiger partial charge in [-0.25, -0.2) is 8.42 Å². The Bertz CT molecular complexity index is 751. The van der Waals surface area contributed by atoms with Crippen molar-refractivity contribution in [2.24, 2.45) is 5.92 Å². The van der Waals surface area contributed by atoms with Crippen LogP contribution in [-0.2, 0) is 24.3 Å². The normalized spacial score (nSPS) is 19.0. The van der Waals surface area contributed by atoms with Crippen LogP contribution in [0, 0.1) is 5.92 Å². The number of hydrogen-bond acceptors (Lipinski definition) is 5. The summed E-state index contributed by atoms with van der Waals surface area (Å²) >= 11 is 5.77. The number of esters is 1. The highest BCUT2D eigenvalue weighted by Crippen LogP contribution is 2.19. The van der Waals surface area contributed by atoms with E-state index in [1.807, 2.05) is 0 Å². The summed E-state index contributed by atoms with van der Waals surface area (Å²) in [5, 5.41) is 0.423. The van der Waals surface area contributed by atoms with Crippen LogP contribution in [0.3, 0.4) is 0 Å². The molecule has 0 saturated carbocycles. The number of likely N-dealkylation sites (tertiary alicyclic amines) is 1. The van der Waals surface area contributed by atoms with Crippen molar-refractivity contribution in [3.8, 4) is 0 Å². The van der Waals surface area contributed by atoms with Crippen molar-refractivity contribution >= 4 is 33.5 Å². The van der Waals surface area contributed by atoms with Crippen LogP contribution in [0.1, 0.15) is 26.7 Å². The van der Waals surface area contributed by atoms with E-state index in [1.54, 1.807) is 6.92 Å². The summed E-state index contributed by atoms with van der Waals surface area (Å²) in [5.74, 6) is -1.05. The number of rotatable bonds is 6. The summed E-state index contributed by atoms with van der Waals surface area (Å²) in [5.41, 5.74) is 0. The molecule has 7 nitrogen and oxygen atoms in total. The van der Waals surface area contributed by atoms with Gasteiger partial charge in [0.05, 0.1) is 23.5 Å². The van der Waals surface area contributed by atoms with Gasteiger partial charge in [0.15, 0.2) is 0 Å². The average Bonchev–Trinajstić information content (AvgIpc) is 2.61. The zero-order valence-corrected chi connectivity index (χ0v) is 16.3. The van der Waals surface area contributed by atoms with Gasteiger partial charge in [0.25, 0.3) is 0 Å². The van der Waals surface area contributed by atoms with Crippen LogP contribution in [0.2, 0.25) is 5.02 Å². The van der Waals surface area contributed by atoms with E-state index in [0.717, 1.165) is 0 Å². The number of benzene rings is 1. The second-order valence-electron chi connectivity index (χ2n) is 6.17. The lowest BCUT2D eigenvalue weighted by Gasteiger charge is -2.33. The summed E-state index contributed by atoms with van der Waals surface area (Å²) in [7, 11) is -3.85. The summed E-state index contributed by atoms with van der Waals surface area (Å²) in [6.45, 7) is 4.24. The molecule has 26 heavy (non-hydrogen) atoms. The number of carbonyl (C=O) groups is 2. The molecule has 1 aliphatic heterocycles. The third-order valence-corrected chi connectivity index (χ3v) is 5.99. The van der Waals surface area contributed by atoms with Gasteiger partial charge in [0.1, 0.15) is 0 Å². The molecule has 9 heteroatoms. The second kappa shape index (κ2) is 8.83. The fraction of sp³-hybridized carbons (Fsp3) is 0.529. The van der Waals surface area contributed by atoms with Gasteiger partial charge in [-0.3, -0.25) is 9.59 Å². The van der Waals surface area contributed by atoms with Gasteiger partial charge < -0.3 is 9.64 Å². The van der Waals surface area contributed by atoms with Gasteiger partial charge in [-0.2, -0.15) is 4.72 Å². The first-order valence-corrected chi connectivity index (χ1v) is 10.3. The fourth-order valence-electron chi connectivity index (χ4n) is 2.87. The van der Waals surface area contributed by atoms with Crippen molar-refractivity contribution in [2.45, 2.75) is 37.6 Å². The van der Waals surface area contributed by atoms with Gasteiger partial charge in [-0.05, 0) is 51.0 Å². The summed E-state index contributed by atoms with van der Waals surface area (Å²) in [4.78, 5) is 26.1. The Morgan fingerprint density at radius 1 is 1.35 bits per heavy atom. The van der Waals surface area contributed by atoms with E-state index in [-0.39, 0.29) is 29.2 Å². The zero-order chi connectivity index (χ0) is 19.3. The number of sulfonamides is 1. The van der Waals surface area contributed by atoms with Crippen molar-refractivity contribution in [3.05, 3.63) is 29.3 Å². The first kappa shape index (κ1) is 20.7. The van der Waals surface area contributed by atoms with Gasteiger partial charge in [0.2, 0.25) is 15.9 Å². The van der Waals surface area contributed by atoms with Crippen LogP contribution < -0.4 is 4.72 Å². The maximum Gasteiger partial charge on any atom is 0.310 e. The molecule has 0 aliphatic carbocycles. The minimum atomic E-state index is -3.85. The van der Waals surface area contributed by atoms with Crippen LogP contribution in [-0.4, -0.2) is 50.9 Å². The molecule has 1 saturated heterocycles. The quantitative estimate of drug-likeness (QED) is 0.732. The lowest BCUT2D eigenvalue weighted by Crippen LogP contribution is -2.51. The molecule has 1 aromatic rings. The predicted molar refractivity (Wildman–Crippen MR) is 97.2 cm³/mol. The number of piperidine rings is 1. The van der Waals surface area contributed by atoms with Crippen molar-refractivity contribution in [1.29, 1.82) is 0 Å². The largest absolute Gasteiger partial charge is 0.466 e. The molecular formula is C17H23ClN2O5S. The van der Waals surface area contributed by atoms with Crippen molar-refractivity contribution in [3.63, 3.8) is 0 Å². The third-order valence-electron chi connectivity index (χ3n) is 4.18. The molecule has 144 valence electrons. The van der Waals surface area contributed by atoms with E-state index < -0.39 is 16.1 Å².